The van der Waals surface area contributed by atoms with E-state index in [0.717, 1.165) is 42.1 Å². The van der Waals surface area contributed by atoms with E-state index in [1.54, 1.807) is 0 Å². The fraction of sp³-hybridized carbons (Fsp3) is 0.562. The lowest BCUT2D eigenvalue weighted by molar-refractivity contribution is -0.126. The first-order valence-corrected chi connectivity index (χ1v) is 8.14. The summed E-state index contributed by atoms with van der Waals surface area (Å²) in [5.74, 6) is 0.161. The van der Waals surface area contributed by atoms with Gasteiger partial charge in [0.25, 0.3) is 0 Å². The van der Waals surface area contributed by atoms with Gasteiger partial charge in [-0.25, -0.2) is 0 Å². The number of carbonyl (C=O) groups is 1. The summed E-state index contributed by atoms with van der Waals surface area (Å²) in [5, 5.41) is 3.08. The van der Waals surface area contributed by atoms with Gasteiger partial charge in [0.15, 0.2) is 0 Å². The summed E-state index contributed by atoms with van der Waals surface area (Å²) in [5.41, 5.74) is 6.52. The van der Waals surface area contributed by atoms with Crippen LogP contribution in [0.5, 0.6) is 0 Å². The van der Waals surface area contributed by atoms with E-state index < -0.39 is 0 Å². The maximum Gasteiger partial charge on any atom is 0.230 e. The van der Waals surface area contributed by atoms with Gasteiger partial charge in [-0.1, -0.05) is 40.9 Å². The zero-order chi connectivity index (χ0) is 14.6. The van der Waals surface area contributed by atoms with E-state index in [9.17, 15) is 4.79 Å². The van der Waals surface area contributed by atoms with Gasteiger partial charge in [0.1, 0.15) is 0 Å². The first-order chi connectivity index (χ1) is 9.54. The Bertz CT molecular complexity index is 473. The maximum absolute atomic E-state index is 12.7. The predicted molar refractivity (Wildman–Crippen MR) is 92.8 cm³/mol. The first kappa shape index (κ1) is 18.5. The zero-order valence-electron chi connectivity index (χ0n) is 12.4. The summed E-state index contributed by atoms with van der Waals surface area (Å²) in [7, 11) is 0. The van der Waals surface area contributed by atoms with Crippen molar-refractivity contribution in [2.75, 3.05) is 6.54 Å². The molecule has 0 spiro atoms. The van der Waals surface area contributed by atoms with Gasteiger partial charge in [0.2, 0.25) is 5.91 Å². The summed E-state index contributed by atoms with van der Waals surface area (Å²) < 4.78 is 1.03. The number of amides is 1. The van der Waals surface area contributed by atoms with Crippen molar-refractivity contribution in [1.29, 1.82) is 0 Å². The number of benzene rings is 1. The number of hydrogen-bond donors (Lipinski definition) is 2. The minimum Gasteiger partial charge on any atom is -0.355 e. The third-order valence-corrected chi connectivity index (χ3v) is 4.65. The molecule has 21 heavy (non-hydrogen) atoms. The minimum atomic E-state index is -0.346. The average molecular weight is 376 g/mol. The highest BCUT2D eigenvalue weighted by atomic mass is 79.9. The van der Waals surface area contributed by atoms with Crippen molar-refractivity contribution in [3.05, 3.63) is 34.3 Å². The van der Waals surface area contributed by atoms with Crippen LogP contribution in [-0.2, 0) is 10.2 Å². The Balaban J connectivity index is 0.00000220. The largest absolute Gasteiger partial charge is 0.355 e. The van der Waals surface area contributed by atoms with Crippen LogP contribution < -0.4 is 11.1 Å². The molecule has 3 nitrogen and oxygen atoms in total. The van der Waals surface area contributed by atoms with E-state index in [0.29, 0.717) is 6.54 Å². The third kappa shape index (κ3) is 4.44. The van der Waals surface area contributed by atoms with Crippen LogP contribution in [0.3, 0.4) is 0 Å². The molecule has 1 amide bonds. The van der Waals surface area contributed by atoms with E-state index in [1.165, 1.54) is 0 Å². The van der Waals surface area contributed by atoms with Crippen LogP contribution in [0.2, 0.25) is 0 Å². The zero-order valence-corrected chi connectivity index (χ0v) is 14.8. The van der Waals surface area contributed by atoms with Crippen molar-refractivity contribution < 1.29 is 4.79 Å². The van der Waals surface area contributed by atoms with E-state index in [-0.39, 0.29) is 29.8 Å². The third-order valence-electron chi connectivity index (χ3n) is 4.15. The molecule has 0 radical (unpaired) electrons. The molecule has 1 saturated carbocycles. The molecule has 0 heterocycles. The van der Waals surface area contributed by atoms with Gasteiger partial charge in [0.05, 0.1) is 5.41 Å². The molecule has 5 heteroatoms. The fourth-order valence-corrected chi connectivity index (χ4v) is 3.39. The van der Waals surface area contributed by atoms with Gasteiger partial charge in [-0.05, 0) is 43.9 Å². The maximum atomic E-state index is 12.7. The summed E-state index contributed by atoms with van der Waals surface area (Å²) in [6, 6.07) is 8.28. The standard InChI is InChI=1S/C16H23BrN2O.ClH/c1-12(18)7-10-19-15(20)16(8-2-3-9-16)13-5-4-6-14(17)11-13;/h4-6,11-12H,2-3,7-10,18H2,1H3,(H,19,20);1H. The molecule has 1 atom stereocenters. The number of hydrogen-bond acceptors (Lipinski definition) is 2. The van der Waals surface area contributed by atoms with Gasteiger partial charge in [0, 0.05) is 17.1 Å². The molecule has 118 valence electrons. The average Bonchev–Trinajstić information content (AvgIpc) is 2.88. The summed E-state index contributed by atoms with van der Waals surface area (Å²) in [4.78, 5) is 12.7. The summed E-state index contributed by atoms with van der Waals surface area (Å²) in [6.45, 7) is 2.62. The Hall–Kier alpha value is -0.580. The van der Waals surface area contributed by atoms with Crippen LogP contribution in [-0.4, -0.2) is 18.5 Å². The van der Waals surface area contributed by atoms with Crippen LogP contribution in [0.1, 0.15) is 44.6 Å². The quantitative estimate of drug-likeness (QED) is 0.827. The Labute approximate surface area is 141 Å². The van der Waals surface area contributed by atoms with E-state index in [2.05, 4.69) is 33.4 Å². The van der Waals surface area contributed by atoms with Crippen LogP contribution in [0, 0.1) is 0 Å². The Kier molecular flexibility index (Phi) is 7.17. The van der Waals surface area contributed by atoms with Crippen molar-refractivity contribution in [1.82, 2.24) is 5.32 Å². The fourth-order valence-electron chi connectivity index (χ4n) is 2.99. The van der Waals surface area contributed by atoms with Crippen molar-refractivity contribution >= 4 is 34.2 Å². The van der Waals surface area contributed by atoms with Crippen LogP contribution in [0.25, 0.3) is 0 Å². The molecule has 1 aromatic rings. The van der Waals surface area contributed by atoms with Crippen LogP contribution in [0.15, 0.2) is 28.7 Å². The van der Waals surface area contributed by atoms with E-state index in [4.69, 9.17) is 5.73 Å². The lowest BCUT2D eigenvalue weighted by atomic mass is 9.78. The highest BCUT2D eigenvalue weighted by Crippen LogP contribution is 2.42. The highest BCUT2D eigenvalue weighted by molar-refractivity contribution is 9.10. The second-order valence-corrected chi connectivity index (χ2v) is 6.74. The van der Waals surface area contributed by atoms with Gasteiger partial charge in [-0.15, -0.1) is 12.4 Å². The van der Waals surface area contributed by atoms with Crippen molar-refractivity contribution in [2.45, 2.75) is 50.5 Å². The molecule has 1 aliphatic rings. The first-order valence-electron chi connectivity index (χ1n) is 7.34. The molecule has 2 rings (SSSR count). The van der Waals surface area contributed by atoms with Crippen LogP contribution in [0.4, 0.5) is 0 Å². The summed E-state index contributed by atoms with van der Waals surface area (Å²) in [6.07, 6.45) is 4.93. The lowest BCUT2D eigenvalue weighted by Crippen LogP contribution is -2.43. The van der Waals surface area contributed by atoms with Gasteiger partial charge < -0.3 is 11.1 Å². The number of carbonyl (C=O) groups excluding carboxylic acids is 1. The van der Waals surface area contributed by atoms with Crippen molar-refractivity contribution in [3.8, 4) is 0 Å². The molecule has 0 aliphatic heterocycles. The monoisotopic (exact) mass is 374 g/mol. The smallest absolute Gasteiger partial charge is 0.230 e. The molecule has 0 aromatic heterocycles. The lowest BCUT2D eigenvalue weighted by Gasteiger charge is -2.28. The molecule has 1 aliphatic carbocycles. The molecular weight excluding hydrogens is 352 g/mol. The number of nitrogens with two attached hydrogens (primary N) is 1. The van der Waals surface area contributed by atoms with E-state index >= 15 is 0 Å². The van der Waals surface area contributed by atoms with Gasteiger partial charge in [-0.2, -0.15) is 0 Å². The second-order valence-electron chi connectivity index (χ2n) is 5.82. The highest BCUT2D eigenvalue weighted by Gasteiger charge is 2.42. The van der Waals surface area contributed by atoms with Crippen molar-refractivity contribution in [3.63, 3.8) is 0 Å². The molecule has 1 unspecified atom stereocenters. The van der Waals surface area contributed by atoms with Gasteiger partial charge >= 0.3 is 0 Å². The SMILES string of the molecule is CC(N)CCNC(=O)C1(c2cccc(Br)c2)CCCC1.Cl. The molecule has 0 saturated heterocycles. The summed E-state index contributed by atoms with van der Waals surface area (Å²) >= 11 is 3.51. The van der Waals surface area contributed by atoms with Gasteiger partial charge in [-0.3, -0.25) is 4.79 Å². The number of rotatable bonds is 5. The topological polar surface area (TPSA) is 55.1 Å². The molecule has 1 fully saturated rings. The molecule has 0 bridgehead atoms. The second kappa shape index (κ2) is 8.16. The van der Waals surface area contributed by atoms with Crippen molar-refractivity contribution in [2.24, 2.45) is 5.73 Å². The normalized spacial score (nSPS) is 17.9. The molecular formula is C16H24BrClN2O. The Morgan fingerprint density at radius 3 is 2.67 bits per heavy atom. The Morgan fingerprint density at radius 2 is 2.10 bits per heavy atom. The van der Waals surface area contributed by atoms with Crippen LogP contribution >= 0.6 is 28.3 Å². The minimum absolute atomic E-state index is 0. The molecule has 1 aromatic carbocycles. The Morgan fingerprint density at radius 1 is 1.43 bits per heavy atom. The van der Waals surface area contributed by atoms with E-state index in [1.807, 2.05) is 19.1 Å². The number of nitrogens with one attached hydrogen (secondary N) is 1. The predicted octanol–water partition coefficient (Wildman–Crippen LogP) is 3.54. The number of halogens is 2. The molecule has 3 N–H and O–H groups in total.